The molecule has 10 heteroatoms. The number of amides is 2. The van der Waals surface area contributed by atoms with Gasteiger partial charge in [0.2, 0.25) is 0 Å². The molecule has 0 spiro atoms. The third kappa shape index (κ3) is 3.73. The van der Waals surface area contributed by atoms with Gasteiger partial charge in [-0.15, -0.1) is 0 Å². The van der Waals surface area contributed by atoms with Crippen molar-refractivity contribution >= 4 is 37.8 Å². The van der Waals surface area contributed by atoms with Gasteiger partial charge in [0.05, 0.1) is 40.7 Å². The lowest BCUT2D eigenvalue weighted by atomic mass is 9.94. The number of hydrogen-bond donors (Lipinski definition) is 1. The van der Waals surface area contributed by atoms with Crippen LogP contribution in [0.25, 0.3) is 0 Å². The van der Waals surface area contributed by atoms with E-state index >= 15 is 0 Å². The molecule has 2 heterocycles. The van der Waals surface area contributed by atoms with Crippen molar-refractivity contribution in [1.82, 2.24) is 10.2 Å². The number of methoxy groups -OCH3 is 1. The highest BCUT2D eigenvalue weighted by atomic mass is 79.9. The van der Waals surface area contributed by atoms with Crippen molar-refractivity contribution < 1.29 is 27.1 Å². The number of urea groups is 1. The first-order valence-electron chi connectivity index (χ1n) is 8.19. The van der Waals surface area contributed by atoms with Crippen molar-refractivity contribution in [2.45, 2.75) is 25.4 Å². The van der Waals surface area contributed by atoms with Crippen LogP contribution in [0.5, 0.6) is 0 Å². The summed E-state index contributed by atoms with van der Waals surface area (Å²) in [4.78, 5) is 26.5. The number of carbonyl (C=O) groups excluding carboxylic acids is 2. The normalized spacial score (nSPS) is 24.7. The highest BCUT2D eigenvalue weighted by molar-refractivity contribution is 9.10. The molecule has 2 atom stereocenters. The zero-order valence-corrected chi connectivity index (χ0v) is 17.1. The second-order valence-electron chi connectivity index (χ2n) is 6.47. The molecule has 0 aliphatic carbocycles. The van der Waals surface area contributed by atoms with Crippen molar-refractivity contribution in [2.24, 2.45) is 0 Å². The van der Waals surface area contributed by atoms with Gasteiger partial charge in [-0.2, -0.15) is 0 Å². The van der Waals surface area contributed by atoms with Crippen LogP contribution < -0.4 is 5.32 Å². The van der Waals surface area contributed by atoms with Gasteiger partial charge in [0.15, 0.2) is 9.84 Å². The Bertz CT molecular complexity index is 947. The van der Waals surface area contributed by atoms with E-state index in [-0.39, 0.29) is 21.6 Å². The zero-order valence-electron chi connectivity index (χ0n) is 14.7. The van der Waals surface area contributed by atoms with Crippen LogP contribution >= 0.6 is 15.9 Å². The number of rotatable bonds is 3. The van der Waals surface area contributed by atoms with Gasteiger partial charge < -0.3 is 10.1 Å². The first-order chi connectivity index (χ1) is 12.6. The predicted molar refractivity (Wildman–Crippen MR) is 99.0 cm³/mol. The summed E-state index contributed by atoms with van der Waals surface area (Å²) >= 11 is 3.10. The minimum Gasteiger partial charge on any atom is -0.466 e. The number of hydrogen-bond acceptors (Lipinski definition) is 5. The molecule has 3 rings (SSSR count). The first kappa shape index (κ1) is 19.8. The van der Waals surface area contributed by atoms with Crippen LogP contribution in [0.1, 0.15) is 24.9 Å². The van der Waals surface area contributed by atoms with E-state index in [2.05, 4.69) is 21.2 Å². The van der Waals surface area contributed by atoms with Gasteiger partial charge in [0, 0.05) is 5.70 Å². The second-order valence-corrected chi connectivity index (χ2v) is 9.56. The fourth-order valence-electron chi connectivity index (χ4n) is 3.49. The minimum atomic E-state index is -3.22. The topological polar surface area (TPSA) is 92.8 Å². The number of allylic oxidation sites excluding steroid dienone is 1. The lowest BCUT2D eigenvalue weighted by molar-refractivity contribution is -0.136. The summed E-state index contributed by atoms with van der Waals surface area (Å²) in [6.07, 6.45) is 0.300. The fourth-order valence-corrected chi connectivity index (χ4v) is 5.59. The number of nitrogens with zero attached hydrogens (tertiary/aromatic N) is 1. The van der Waals surface area contributed by atoms with Gasteiger partial charge in [-0.3, -0.25) is 4.90 Å². The fraction of sp³-hybridized carbons (Fsp3) is 0.412. The van der Waals surface area contributed by atoms with E-state index in [1.165, 1.54) is 30.2 Å². The standard InChI is InChI=1S/C17H18BrFN2O5S/c1-9-14(16(22)26-2)15(10-3-4-13(19)12(18)7-10)20-17(23)21(9)11-5-6-27(24,25)8-11/h3-4,7,11,15H,5-6,8H2,1-2H3,(H,20,23)/t11-,15-/m0/s1. The monoisotopic (exact) mass is 460 g/mol. The molecule has 27 heavy (non-hydrogen) atoms. The van der Waals surface area contributed by atoms with Crippen LogP contribution in [0.4, 0.5) is 9.18 Å². The molecular formula is C17H18BrFN2O5S. The van der Waals surface area contributed by atoms with Crippen molar-refractivity contribution in [3.8, 4) is 0 Å². The summed E-state index contributed by atoms with van der Waals surface area (Å²) in [5, 5.41) is 2.72. The maximum atomic E-state index is 13.6. The Morgan fingerprint density at radius 2 is 2.11 bits per heavy atom. The van der Waals surface area contributed by atoms with Gasteiger partial charge in [0.1, 0.15) is 5.82 Å². The van der Waals surface area contributed by atoms with Crippen LogP contribution in [-0.2, 0) is 19.4 Å². The zero-order chi connectivity index (χ0) is 19.9. The van der Waals surface area contributed by atoms with Gasteiger partial charge >= 0.3 is 12.0 Å². The van der Waals surface area contributed by atoms with E-state index < -0.39 is 39.7 Å². The molecule has 2 amide bonds. The van der Waals surface area contributed by atoms with E-state index in [0.717, 1.165) is 0 Å². The molecule has 146 valence electrons. The van der Waals surface area contributed by atoms with Crippen LogP contribution in [0.2, 0.25) is 0 Å². The Morgan fingerprint density at radius 1 is 1.41 bits per heavy atom. The summed E-state index contributed by atoms with van der Waals surface area (Å²) in [5.41, 5.74) is 1.01. The average molecular weight is 461 g/mol. The summed E-state index contributed by atoms with van der Waals surface area (Å²) in [6, 6.07) is 2.29. The molecule has 0 aromatic heterocycles. The van der Waals surface area contributed by atoms with Crippen LogP contribution in [0.15, 0.2) is 33.9 Å². The lowest BCUT2D eigenvalue weighted by Crippen LogP contribution is -2.52. The van der Waals surface area contributed by atoms with Gasteiger partial charge in [-0.25, -0.2) is 22.4 Å². The average Bonchev–Trinajstić information content (AvgIpc) is 2.95. The number of benzene rings is 1. The third-order valence-corrected chi connectivity index (χ3v) is 7.14. The molecule has 0 saturated carbocycles. The van der Waals surface area contributed by atoms with E-state index in [4.69, 9.17) is 4.74 Å². The summed E-state index contributed by atoms with van der Waals surface area (Å²) in [7, 11) is -2.00. The molecule has 1 N–H and O–H groups in total. The molecule has 1 fully saturated rings. The van der Waals surface area contributed by atoms with Crippen molar-refractivity contribution in [3.05, 3.63) is 45.3 Å². The number of carbonyl (C=O) groups is 2. The van der Waals surface area contributed by atoms with Gasteiger partial charge in [-0.1, -0.05) is 6.07 Å². The number of sulfone groups is 1. The smallest absolute Gasteiger partial charge is 0.337 e. The predicted octanol–water partition coefficient (Wildman–Crippen LogP) is 2.29. The number of ether oxygens (including phenoxy) is 1. The maximum Gasteiger partial charge on any atom is 0.337 e. The number of nitrogens with one attached hydrogen (secondary N) is 1. The van der Waals surface area contributed by atoms with Crippen molar-refractivity contribution in [2.75, 3.05) is 18.6 Å². The molecule has 0 bridgehead atoms. The highest BCUT2D eigenvalue weighted by Gasteiger charge is 2.42. The Morgan fingerprint density at radius 3 is 2.67 bits per heavy atom. The third-order valence-electron chi connectivity index (χ3n) is 4.78. The molecular weight excluding hydrogens is 443 g/mol. The van der Waals surface area contributed by atoms with Crippen LogP contribution in [0, 0.1) is 5.82 Å². The Balaban J connectivity index is 2.08. The minimum absolute atomic E-state index is 0.00335. The molecule has 7 nitrogen and oxygen atoms in total. The van der Waals surface area contributed by atoms with Gasteiger partial charge in [0.25, 0.3) is 0 Å². The molecule has 1 aromatic carbocycles. The van der Waals surface area contributed by atoms with Crippen LogP contribution in [0.3, 0.4) is 0 Å². The van der Waals surface area contributed by atoms with E-state index in [0.29, 0.717) is 17.7 Å². The molecule has 1 aromatic rings. The molecule has 0 radical (unpaired) electrons. The number of esters is 1. The second kappa shape index (κ2) is 7.23. The molecule has 1 saturated heterocycles. The maximum absolute atomic E-state index is 13.6. The SMILES string of the molecule is COC(=O)C1=C(C)N([C@H]2CCS(=O)(=O)C2)C(=O)N[C@H]1c1ccc(F)c(Br)c1. The van der Waals surface area contributed by atoms with E-state index in [9.17, 15) is 22.4 Å². The Labute approximate surface area is 164 Å². The number of halogens is 2. The summed E-state index contributed by atoms with van der Waals surface area (Å²) in [6.45, 7) is 1.58. The molecule has 0 unspecified atom stereocenters. The van der Waals surface area contributed by atoms with E-state index in [1.807, 2.05) is 0 Å². The van der Waals surface area contributed by atoms with Crippen molar-refractivity contribution in [1.29, 1.82) is 0 Å². The molecule has 2 aliphatic heterocycles. The summed E-state index contributed by atoms with van der Waals surface area (Å²) in [5.74, 6) is -1.28. The van der Waals surface area contributed by atoms with Crippen LogP contribution in [-0.4, -0.2) is 50.0 Å². The molecule has 2 aliphatic rings. The largest absolute Gasteiger partial charge is 0.466 e. The van der Waals surface area contributed by atoms with Gasteiger partial charge in [-0.05, 0) is 47.0 Å². The van der Waals surface area contributed by atoms with E-state index in [1.54, 1.807) is 6.92 Å². The highest BCUT2D eigenvalue weighted by Crippen LogP contribution is 2.35. The van der Waals surface area contributed by atoms with Crippen molar-refractivity contribution in [3.63, 3.8) is 0 Å². The first-order valence-corrected chi connectivity index (χ1v) is 10.8. The Kier molecular flexibility index (Phi) is 5.31. The quantitative estimate of drug-likeness (QED) is 0.698. The lowest BCUT2D eigenvalue weighted by Gasteiger charge is -2.38. The summed E-state index contributed by atoms with van der Waals surface area (Å²) < 4.78 is 42.3. The Hall–Kier alpha value is -1.94.